The molecule has 20 heavy (non-hydrogen) atoms. The summed E-state index contributed by atoms with van der Waals surface area (Å²) in [6.07, 6.45) is 0.427. The van der Waals surface area contributed by atoms with Gasteiger partial charge in [-0.2, -0.15) is 4.31 Å². The summed E-state index contributed by atoms with van der Waals surface area (Å²) in [6.45, 7) is 0.445. The highest BCUT2D eigenvalue weighted by Crippen LogP contribution is 2.45. The molecule has 7 heteroatoms. The number of carbonyl (C=O) groups excluding carboxylic acids is 1. The fourth-order valence-electron chi connectivity index (χ4n) is 2.81. The zero-order chi connectivity index (χ0) is 14.4. The van der Waals surface area contributed by atoms with Gasteiger partial charge in [0.15, 0.2) is 0 Å². The number of nitrogens with zero attached hydrogens (tertiary/aromatic N) is 1. The number of para-hydroxylation sites is 1. The van der Waals surface area contributed by atoms with Crippen LogP contribution in [-0.2, 0) is 20.2 Å². The molecule has 1 spiro atoms. The molecule has 0 aliphatic carbocycles. The molecule has 0 unspecified atom stereocenters. The van der Waals surface area contributed by atoms with Crippen molar-refractivity contribution in [3.05, 3.63) is 29.8 Å². The third kappa shape index (κ3) is 1.94. The highest BCUT2D eigenvalue weighted by Gasteiger charge is 2.57. The Labute approximate surface area is 123 Å². The van der Waals surface area contributed by atoms with Crippen molar-refractivity contribution in [2.45, 2.75) is 11.8 Å². The van der Waals surface area contributed by atoms with Crippen molar-refractivity contribution in [3.63, 3.8) is 0 Å². The number of sulfonamides is 1. The molecule has 1 saturated heterocycles. The lowest BCUT2D eigenvalue weighted by atomic mass is 9.76. The quantitative estimate of drug-likeness (QED) is 0.848. The third-order valence-corrected chi connectivity index (χ3v) is 6.06. The number of benzene rings is 1. The minimum atomic E-state index is -3.31. The third-order valence-electron chi connectivity index (χ3n) is 3.95. The number of halogens is 1. The number of carbonyl (C=O) groups is 1. The number of fused-ring (bicyclic) bond motifs is 2. The van der Waals surface area contributed by atoms with E-state index in [4.69, 9.17) is 11.6 Å². The molecule has 3 rings (SSSR count). The number of hydrogen-bond donors (Lipinski definition) is 1. The Bertz CT molecular complexity index is 653. The summed E-state index contributed by atoms with van der Waals surface area (Å²) < 4.78 is 25.5. The number of alkyl halides is 1. The van der Waals surface area contributed by atoms with Gasteiger partial charge in [-0.25, -0.2) is 8.42 Å². The molecule has 108 valence electrons. The molecule has 1 fully saturated rings. The molecule has 0 aromatic heterocycles. The molecule has 5 nitrogen and oxygen atoms in total. The SMILES string of the molecule is O=C1Nc2ccccc2C12CN(S(=O)(=O)CCCCl)C2. The Hall–Kier alpha value is -1.11. The maximum absolute atomic E-state index is 12.2. The molecule has 0 bridgehead atoms. The van der Waals surface area contributed by atoms with E-state index in [0.29, 0.717) is 12.3 Å². The minimum Gasteiger partial charge on any atom is -0.325 e. The Balaban J connectivity index is 1.81. The molecule has 2 aliphatic rings. The van der Waals surface area contributed by atoms with Gasteiger partial charge in [-0.1, -0.05) is 18.2 Å². The number of hydrogen-bond acceptors (Lipinski definition) is 3. The molecule has 1 N–H and O–H groups in total. The van der Waals surface area contributed by atoms with Crippen molar-refractivity contribution in [1.29, 1.82) is 0 Å². The average Bonchev–Trinajstić information content (AvgIpc) is 2.66. The second-order valence-electron chi connectivity index (χ2n) is 5.21. The summed E-state index contributed by atoms with van der Waals surface area (Å²) >= 11 is 5.54. The molecule has 1 amide bonds. The molecule has 0 saturated carbocycles. The maximum atomic E-state index is 12.2. The van der Waals surface area contributed by atoms with Gasteiger partial charge in [0.05, 0.1) is 5.75 Å². The van der Waals surface area contributed by atoms with Crippen LogP contribution in [0.3, 0.4) is 0 Å². The summed E-state index contributed by atoms with van der Waals surface area (Å²) in [5.41, 5.74) is 0.981. The van der Waals surface area contributed by atoms with E-state index in [1.807, 2.05) is 24.3 Å². The first kappa shape index (κ1) is 13.9. The van der Waals surface area contributed by atoms with Gasteiger partial charge in [-0.3, -0.25) is 4.79 Å². The van der Waals surface area contributed by atoms with E-state index in [9.17, 15) is 13.2 Å². The predicted molar refractivity (Wildman–Crippen MR) is 77.4 cm³/mol. The van der Waals surface area contributed by atoms with E-state index in [0.717, 1.165) is 11.3 Å². The predicted octanol–water partition coefficient (Wildman–Crippen LogP) is 1.15. The van der Waals surface area contributed by atoms with Gasteiger partial charge in [0.1, 0.15) is 5.41 Å². The normalized spacial score (nSPS) is 20.6. The Kier molecular flexibility index (Phi) is 3.27. The zero-order valence-electron chi connectivity index (χ0n) is 10.8. The molecular formula is C13H15ClN2O3S. The number of rotatable bonds is 4. The second kappa shape index (κ2) is 4.72. The second-order valence-corrected chi connectivity index (χ2v) is 7.67. The van der Waals surface area contributed by atoms with Gasteiger partial charge in [0.25, 0.3) is 0 Å². The number of nitrogens with one attached hydrogen (secondary N) is 1. The van der Waals surface area contributed by atoms with E-state index < -0.39 is 15.4 Å². The minimum absolute atomic E-state index is 0.0375. The highest BCUT2D eigenvalue weighted by molar-refractivity contribution is 7.89. The van der Waals surface area contributed by atoms with Crippen LogP contribution in [0, 0.1) is 0 Å². The fraction of sp³-hybridized carbons (Fsp3) is 0.462. The number of amides is 1. The number of anilines is 1. The average molecular weight is 315 g/mol. The van der Waals surface area contributed by atoms with Crippen LogP contribution in [0.1, 0.15) is 12.0 Å². The molecular weight excluding hydrogens is 300 g/mol. The smallest absolute Gasteiger partial charge is 0.237 e. The maximum Gasteiger partial charge on any atom is 0.237 e. The summed E-state index contributed by atoms with van der Waals surface area (Å²) in [4.78, 5) is 12.2. The first-order chi connectivity index (χ1) is 9.49. The van der Waals surface area contributed by atoms with E-state index in [1.54, 1.807) is 0 Å². The summed E-state index contributed by atoms with van der Waals surface area (Å²) in [5, 5.41) is 2.82. The summed E-state index contributed by atoms with van der Waals surface area (Å²) in [5.74, 6) is 0.250. The van der Waals surface area contributed by atoms with Gasteiger partial charge in [-0.15, -0.1) is 11.6 Å². The van der Waals surface area contributed by atoms with Gasteiger partial charge < -0.3 is 5.32 Å². The van der Waals surface area contributed by atoms with Crippen LogP contribution in [0.2, 0.25) is 0 Å². The van der Waals surface area contributed by atoms with Crippen molar-refractivity contribution in [1.82, 2.24) is 4.31 Å². The molecule has 0 radical (unpaired) electrons. The molecule has 0 atom stereocenters. The highest BCUT2D eigenvalue weighted by atomic mass is 35.5. The molecule has 1 aromatic carbocycles. The van der Waals surface area contributed by atoms with Crippen LogP contribution < -0.4 is 5.32 Å². The van der Waals surface area contributed by atoms with Gasteiger partial charge >= 0.3 is 0 Å². The van der Waals surface area contributed by atoms with Crippen molar-refractivity contribution in [2.24, 2.45) is 0 Å². The van der Waals surface area contributed by atoms with Gasteiger partial charge in [-0.05, 0) is 18.1 Å². The molecule has 2 aliphatic heterocycles. The Morgan fingerprint density at radius 2 is 2.00 bits per heavy atom. The fourth-order valence-corrected chi connectivity index (χ4v) is 4.70. The van der Waals surface area contributed by atoms with E-state index in [1.165, 1.54) is 4.31 Å². The van der Waals surface area contributed by atoms with Crippen LogP contribution in [0.5, 0.6) is 0 Å². The van der Waals surface area contributed by atoms with Gasteiger partial charge in [0.2, 0.25) is 15.9 Å². The van der Waals surface area contributed by atoms with Crippen molar-refractivity contribution < 1.29 is 13.2 Å². The topological polar surface area (TPSA) is 66.5 Å². The summed E-state index contributed by atoms with van der Waals surface area (Å²) in [7, 11) is -3.31. The monoisotopic (exact) mass is 314 g/mol. The lowest BCUT2D eigenvalue weighted by Gasteiger charge is -2.45. The van der Waals surface area contributed by atoms with E-state index in [2.05, 4.69) is 5.32 Å². The Morgan fingerprint density at radius 3 is 2.70 bits per heavy atom. The molecule has 2 heterocycles. The van der Waals surface area contributed by atoms with E-state index in [-0.39, 0.29) is 24.7 Å². The summed E-state index contributed by atoms with van der Waals surface area (Å²) in [6, 6.07) is 7.44. The molecule has 1 aromatic rings. The first-order valence-electron chi connectivity index (χ1n) is 6.44. The van der Waals surface area contributed by atoms with Crippen molar-refractivity contribution >= 4 is 33.2 Å². The van der Waals surface area contributed by atoms with Crippen LogP contribution in [0.4, 0.5) is 5.69 Å². The van der Waals surface area contributed by atoms with E-state index >= 15 is 0 Å². The van der Waals surface area contributed by atoms with Crippen LogP contribution in [0.25, 0.3) is 0 Å². The Morgan fingerprint density at radius 1 is 1.30 bits per heavy atom. The van der Waals surface area contributed by atoms with Gasteiger partial charge in [0, 0.05) is 24.7 Å². The van der Waals surface area contributed by atoms with Crippen LogP contribution >= 0.6 is 11.6 Å². The van der Waals surface area contributed by atoms with Crippen LogP contribution in [0.15, 0.2) is 24.3 Å². The van der Waals surface area contributed by atoms with Crippen LogP contribution in [-0.4, -0.2) is 43.4 Å². The van der Waals surface area contributed by atoms with Crippen molar-refractivity contribution in [3.8, 4) is 0 Å². The lowest BCUT2D eigenvalue weighted by Crippen LogP contribution is -2.64. The standard InChI is InChI=1S/C13H15ClN2O3S/c14-6-3-7-20(18,19)16-8-13(9-16)10-4-1-2-5-11(10)15-12(13)17/h1-2,4-5H,3,6-9H2,(H,15,17). The largest absolute Gasteiger partial charge is 0.325 e. The van der Waals surface area contributed by atoms with Crippen molar-refractivity contribution in [2.75, 3.05) is 30.0 Å². The first-order valence-corrected chi connectivity index (χ1v) is 8.59. The lowest BCUT2D eigenvalue weighted by molar-refractivity contribution is -0.124. The zero-order valence-corrected chi connectivity index (χ0v) is 12.4.